The first-order valence-electron chi connectivity index (χ1n) is 10.7. The molecule has 2 unspecified atom stereocenters. The molecular formula is C22H31F3N4O4. The fourth-order valence-electron chi connectivity index (χ4n) is 3.08. The fraction of sp³-hybridized carbons (Fsp3) is 0.591. The molecule has 0 radical (unpaired) electrons. The SMILES string of the molecule is CCCCC(NC(=O)C(F)(F)F)N(Cc1ccc2c(c1)N=C(N)C(C)O2)C(=O)OC(C)(C)C. The van der Waals surface area contributed by atoms with Crippen LogP contribution >= 0.6 is 0 Å². The number of aliphatic imine (C=N–C) groups is 1. The number of unbranched alkanes of at least 4 members (excludes halogenated alkanes) is 1. The molecule has 0 aliphatic carbocycles. The summed E-state index contributed by atoms with van der Waals surface area (Å²) >= 11 is 0. The monoisotopic (exact) mass is 472 g/mol. The molecule has 0 aromatic heterocycles. The predicted molar refractivity (Wildman–Crippen MR) is 117 cm³/mol. The molecule has 1 heterocycles. The third-order valence-corrected chi connectivity index (χ3v) is 4.74. The lowest BCUT2D eigenvalue weighted by Gasteiger charge is -2.34. The number of ether oxygens (including phenoxy) is 2. The second-order valence-electron chi connectivity index (χ2n) is 8.84. The second kappa shape index (κ2) is 10.3. The van der Waals surface area contributed by atoms with Crippen LogP contribution in [0.2, 0.25) is 0 Å². The van der Waals surface area contributed by atoms with E-state index in [9.17, 15) is 22.8 Å². The topological polar surface area (TPSA) is 106 Å². The number of halogens is 3. The van der Waals surface area contributed by atoms with Gasteiger partial charge in [-0.25, -0.2) is 9.79 Å². The Morgan fingerprint density at radius 3 is 2.55 bits per heavy atom. The summed E-state index contributed by atoms with van der Waals surface area (Å²) in [6.45, 7) is 8.42. The quantitative estimate of drug-likeness (QED) is 0.573. The first-order valence-corrected chi connectivity index (χ1v) is 10.7. The van der Waals surface area contributed by atoms with Crippen molar-refractivity contribution in [2.45, 2.75) is 84.5 Å². The maximum Gasteiger partial charge on any atom is 0.471 e. The van der Waals surface area contributed by atoms with Crippen molar-refractivity contribution in [1.82, 2.24) is 10.2 Å². The number of hydrogen-bond acceptors (Lipinski definition) is 6. The summed E-state index contributed by atoms with van der Waals surface area (Å²) in [4.78, 5) is 30.1. The van der Waals surface area contributed by atoms with Crippen molar-refractivity contribution >= 4 is 23.5 Å². The van der Waals surface area contributed by atoms with Gasteiger partial charge in [0.15, 0.2) is 6.10 Å². The van der Waals surface area contributed by atoms with Crippen LogP contribution in [0.15, 0.2) is 23.2 Å². The maximum atomic E-state index is 13.0. The number of fused-ring (bicyclic) bond motifs is 1. The summed E-state index contributed by atoms with van der Waals surface area (Å²) < 4.78 is 50.0. The van der Waals surface area contributed by atoms with Crippen LogP contribution in [0, 0.1) is 0 Å². The normalized spacial score (nSPS) is 16.7. The number of hydrogen-bond donors (Lipinski definition) is 2. The molecule has 184 valence electrons. The van der Waals surface area contributed by atoms with E-state index < -0.39 is 36.0 Å². The summed E-state index contributed by atoms with van der Waals surface area (Å²) in [6.07, 6.45) is -6.30. The summed E-state index contributed by atoms with van der Waals surface area (Å²) in [6, 6.07) is 4.95. The van der Waals surface area contributed by atoms with Gasteiger partial charge in [0, 0.05) is 0 Å². The number of nitrogens with two attached hydrogens (primary N) is 1. The fourth-order valence-corrected chi connectivity index (χ4v) is 3.08. The number of nitrogens with one attached hydrogen (secondary N) is 1. The molecule has 8 nitrogen and oxygen atoms in total. The summed E-state index contributed by atoms with van der Waals surface area (Å²) in [7, 11) is 0. The van der Waals surface area contributed by atoms with Gasteiger partial charge in [0.2, 0.25) is 0 Å². The van der Waals surface area contributed by atoms with Gasteiger partial charge in [-0.05, 0) is 58.2 Å². The third kappa shape index (κ3) is 7.54. The van der Waals surface area contributed by atoms with Gasteiger partial charge in [-0.15, -0.1) is 0 Å². The minimum Gasteiger partial charge on any atom is -0.481 e. The van der Waals surface area contributed by atoms with E-state index in [2.05, 4.69) is 4.99 Å². The second-order valence-corrected chi connectivity index (χ2v) is 8.84. The van der Waals surface area contributed by atoms with Crippen molar-refractivity contribution < 1.29 is 32.2 Å². The van der Waals surface area contributed by atoms with Crippen LogP contribution in [0.5, 0.6) is 5.75 Å². The van der Waals surface area contributed by atoms with E-state index in [4.69, 9.17) is 15.2 Å². The van der Waals surface area contributed by atoms with Crippen molar-refractivity contribution in [1.29, 1.82) is 0 Å². The van der Waals surface area contributed by atoms with Crippen LogP contribution in [-0.2, 0) is 16.1 Å². The lowest BCUT2D eigenvalue weighted by molar-refractivity contribution is -0.175. The molecular weight excluding hydrogens is 441 g/mol. The number of amides is 2. The van der Waals surface area contributed by atoms with E-state index in [1.54, 1.807) is 45.9 Å². The molecule has 0 spiro atoms. The minimum atomic E-state index is -5.09. The van der Waals surface area contributed by atoms with Crippen molar-refractivity contribution in [2.24, 2.45) is 10.7 Å². The highest BCUT2D eigenvalue weighted by atomic mass is 19.4. The van der Waals surface area contributed by atoms with Crippen LogP contribution in [0.1, 0.15) is 59.4 Å². The first-order chi connectivity index (χ1) is 15.2. The molecule has 0 fully saturated rings. The maximum absolute atomic E-state index is 13.0. The molecule has 2 rings (SSSR count). The van der Waals surface area contributed by atoms with E-state index in [0.29, 0.717) is 29.8 Å². The molecule has 11 heteroatoms. The smallest absolute Gasteiger partial charge is 0.471 e. The highest BCUT2D eigenvalue weighted by Crippen LogP contribution is 2.33. The van der Waals surface area contributed by atoms with E-state index in [0.717, 1.165) is 4.90 Å². The van der Waals surface area contributed by atoms with E-state index in [1.807, 2.05) is 12.2 Å². The van der Waals surface area contributed by atoms with Gasteiger partial charge in [0.05, 0.1) is 6.54 Å². The number of nitrogens with zero attached hydrogens (tertiary/aromatic N) is 2. The zero-order chi connectivity index (χ0) is 25.0. The van der Waals surface area contributed by atoms with Crippen LogP contribution in [0.3, 0.4) is 0 Å². The Labute approximate surface area is 191 Å². The van der Waals surface area contributed by atoms with Gasteiger partial charge in [-0.1, -0.05) is 19.4 Å². The number of carbonyl (C=O) groups is 2. The Balaban J connectivity index is 2.39. The van der Waals surface area contributed by atoms with Gasteiger partial charge in [0.1, 0.15) is 29.0 Å². The van der Waals surface area contributed by atoms with Gasteiger partial charge in [-0.2, -0.15) is 13.2 Å². The van der Waals surface area contributed by atoms with Crippen molar-refractivity contribution in [3.8, 4) is 5.75 Å². The summed E-state index contributed by atoms with van der Waals surface area (Å²) in [5.41, 5.74) is 5.95. The average molecular weight is 473 g/mol. The molecule has 2 atom stereocenters. The molecule has 1 aromatic carbocycles. The zero-order valence-corrected chi connectivity index (χ0v) is 19.5. The number of carbonyl (C=O) groups excluding carboxylic acids is 2. The Hall–Kier alpha value is -2.98. The third-order valence-electron chi connectivity index (χ3n) is 4.74. The minimum absolute atomic E-state index is 0.119. The lowest BCUT2D eigenvalue weighted by Crippen LogP contribution is -2.54. The van der Waals surface area contributed by atoms with Gasteiger partial charge in [-0.3, -0.25) is 9.69 Å². The van der Waals surface area contributed by atoms with Crippen molar-refractivity contribution in [3.63, 3.8) is 0 Å². The standard InChI is InChI=1S/C22H31F3N4O4/c1-6-7-8-17(28-19(30)22(23,24)25)29(20(31)33-21(3,4)5)12-14-9-10-16-15(11-14)27-18(26)13(2)32-16/h9-11,13,17H,6-8,12H2,1-5H3,(H2,26,27)(H,28,30). The van der Waals surface area contributed by atoms with Crippen LogP contribution < -0.4 is 15.8 Å². The predicted octanol–water partition coefficient (Wildman–Crippen LogP) is 4.39. The lowest BCUT2D eigenvalue weighted by atomic mass is 10.1. The molecule has 1 aromatic rings. The molecule has 2 amide bonds. The number of benzene rings is 1. The van der Waals surface area contributed by atoms with E-state index in [-0.39, 0.29) is 18.8 Å². The van der Waals surface area contributed by atoms with Gasteiger partial charge >= 0.3 is 18.2 Å². The first kappa shape index (κ1) is 26.3. The molecule has 3 N–H and O–H groups in total. The molecule has 0 saturated heterocycles. The summed E-state index contributed by atoms with van der Waals surface area (Å²) in [5.74, 6) is -1.35. The van der Waals surface area contributed by atoms with Gasteiger partial charge < -0.3 is 20.5 Å². The largest absolute Gasteiger partial charge is 0.481 e. The van der Waals surface area contributed by atoms with Crippen LogP contribution in [0.4, 0.5) is 23.7 Å². The number of rotatable bonds is 7. The van der Waals surface area contributed by atoms with E-state index in [1.165, 1.54) is 0 Å². The van der Waals surface area contributed by atoms with Crippen molar-refractivity contribution in [3.05, 3.63) is 23.8 Å². The average Bonchev–Trinajstić information content (AvgIpc) is 2.68. The molecule has 1 aliphatic heterocycles. The Morgan fingerprint density at radius 2 is 1.97 bits per heavy atom. The van der Waals surface area contributed by atoms with Crippen LogP contribution in [0.25, 0.3) is 0 Å². The Kier molecular flexibility index (Phi) is 8.20. The van der Waals surface area contributed by atoms with Gasteiger partial charge in [0.25, 0.3) is 0 Å². The molecule has 33 heavy (non-hydrogen) atoms. The number of alkyl halides is 3. The number of amidine groups is 1. The molecule has 1 aliphatic rings. The molecule has 0 saturated carbocycles. The van der Waals surface area contributed by atoms with E-state index >= 15 is 0 Å². The Bertz CT molecular complexity index is 897. The highest BCUT2D eigenvalue weighted by molar-refractivity contribution is 5.89. The van der Waals surface area contributed by atoms with Crippen molar-refractivity contribution in [2.75, 3.05) is 0 Å². The summed E-state index contributed by atoms with van der Waals surface area (Å²) in [5, 5.41) is 1.94. The van der Waals surface area contributed by atoms with Crippen LogP contribution in [-0.4, -0.2) is 46.8 Å². The highest BCUT2D eigenvalue weighted by Gasteiger charge is 2.41. The Morgan fingerprint density at radius 1 is 1.30 bits per heavy atom. The zero-order valence-electron chi connectivity index (χ0n) is 19.5. The molecule has 0 bridgehead atoms.